The number of carboxylic acid groups (broad SMARTS) is 1. The SMILES string of the molecule is CC(=O)O.CCCCCCCCC=CCCCCCCCC(=O)NCCNCCNCCNCCN. The first-order chi connectivity index (χ1) is 17.5. The Morgan fingerprint density at radius 1 is 0.667 bits per heavy atom. The van der Waals surface area contributed by atoms with Crippen LogP contribution in [-0.4, -0.2) is 69.3 Å². The van der Waals surface area contributed by atoms with Gasteiger partial charge in [0.25, 0.3) is 5.97 Å². The molecule has 0 unspecified atom stereocenters. The first kappa shape index (κ1) is 36.7. The highest BCUT2D eigenvalue weighted by atomic mass is 16.4. The smallest absolute Gasteiger partial charge is 0.300 e. The molecule has 1 amide bonds. The lowest BCUT2D eigenvalue weighted by molar-refractivity contribution is -0.134. The summed E-state index contributed by atoms with van der Waals surface area (Å²) in [6.07, 6.45) is 22.1. The maximum absolute atomic E-state index is 11.9. The summed E-state index contributed by atoms with van der Waals surface area (Å²) < 4.78 is 0. The predicted octanol–water partition coefficient (Wildman–Crippen LogP) is 3.96. The predicted molar refractivity (Wildman–Crippen MR) is 153 cm³/mol. The number of amides is 1. The van der Waals surface area contributed by atoms with Crippen molar-refractivity contribution in [3.63, 3.8) is 0 Å². The van der Waals surface area contributed by atoms with Gasteiger partial charge in [-0.2, -0.15) is 0 Å². The minimum atomic E-state index is -0.833. The van der Waals surface area contributed by atoms with E-state index >= 15 is 0 Å². The van der Waals surface area contributed by atoms with Gasteiger partial charge in [-0.1, -0.05) is 70.4 Å². The maximum atomic E-state index is 11.9. The molecule has 0 atom stereocenters. The van der Waals surface area contributed by atoms with Crippen molar-refractivity contribution < 1.29 is 14.7 Å². The number of carbonyl (C=O) groups is 2. The van der Waals surface area contributed by atoms with E-state index in [0.29, 0.717) is 19.5 Å². The molecule has 0 aromatic carbocycles. The number of hydrogen-bond donors (Lipinski definition) is 6. The minimum absolute atomic E-state index is 0.188. The molecule has 0 aromatic rings. The molecule has 8 nitrogen and oxygen atoms in total. The third-order valence-corrected chi connectivity index (χ3v) is 5.57. The van der Waals surface area contributed by atoms with Crippen molar-refractivity contribution in [3.8, 4) is 0 Å². The molecule has 0 saturated heterocycles. The molecule has 7 N–H and O–H groups in total. The van der Waals surface area contributed by atoms with Gasteiger partial charge in [-0.25, -0.2) is 0 Å². The maximum Gasteiger partial charge on any atom is 0.300 e. The third kappa shape index (κ3) is 39.7. The highest BCUT2D eigenvalue weighted by Gasteiger charge is 2.00. The lowest BCUT2D eigenvalue weighted by Gasteiger charge is -2.08. The number of carboxylic acids is 1. The molecular weight excluding hydrogens is 454 g/mol. The standard InChI is InChI=1S/C26H55N5O.C2H4O2/c1-2-3-4-5-6-7-8-9-10-11-12-13-14-15-16-17-26(32)31-25-24-30-23-22-29-21-20-28-19-18-27;1-2(3)4/h9-10,28-30H,2-8,11-25,27H2,1H3,(H,31,32);1H3,(H,3,4). The fourth-order valence-corrected chi connectivity index (χ4v) is 3.57. The summed E-state index contributed by atoms with van der Waals surface area (Å²) >= 11 is 0. The van der Waals surface area contributed by atoms with Gasteiger partial charge in [-0.05, 0) is 32.1 Å². The second-order valence-corrected chi connectivity index (χ2v) is 9.24. The Morgan fingerprint density at radius 3 is 1.58 bits per heavy atom. The van der Waals surface area contributed by atoms with Gasteiger partial charge >= 0.3 is 0 Å². The van der Waals surface area contributed by atoms with Crippen molar-refractivity contribution in [1.29, 1.82) is 0 Å². The van der Waals surface area contributed by atoms with Gasteiger partial charge in [0.1, 0.15) is 0 Å². The van der Waals surface area contributed by atoms with Crippen LogP contribution in [0.3, 0.4) is 0 Å². The molecule has 36 heavy (non-hydrogen) atoms. The first-order valence-corrected chi connectivity index (χ1v) is 14.5. The van der Waals surface area contributed by atoms with Crippen molar-refractivity contribution in [3.05, 3.63) is 12.2 Å². The van der Waals surface area contributed by atoms with Gasteiger partial charge in [0.2, 0.25) is 5.91 Å². The molecule has 0 spiro atoms. The minimum Gasteiger partial charge on any atom is -0.481 e. The van der Waals surface area contributed by atoms with Crippen LogP contribution in [0.4, 0.5) is 0 Å². The molecule has 0 heterocycles. The van der Waals surface area contributed by atoms with Crippen molar-refractivity contribution in [1.82, 2.24) is 21.3 Å². The summed E-state index contributed by atoms with van der Waals surface area (Å²) in [6, 6.07) is 0. The van der Waals surface area contributed by atoms with Crippen LogP contribution >= 0.6 is 0 Å². The summed E-state index contributed by atoms with van der Waals surface area (Å²) in [4.78, 5) is 20.9. The fourth-order valence-electron chi connectivity index (χ4n) is 3.57. The van der Waals surface area contributed by atoms with Gasteiger partial charge in [0.15, 0.2) is 0 Å². The topological polar surface area (TPSA) is 129 Å². The van der Waals surface area contributed by atoms with Crippen LogP contribution in [0.1, 0.15) is 104 Å². The normalized spacial score (nSPS) is 10.9. The summed E-state index contributed by atoms with van der Waals surface area (Å²) in [5.74, 6) is -0.645. The molecule has 0 aliphatic rings. The van der Waals surface area contributed by atoms with E-state index in [0.717, 1.165) is 52.6 Å². The van der Waals surface area contributed by atoms with E-state index in [1.54, 1.807) is 0 Å². The van der Waals surface area contributed by atoms with Gasteiger partial charge in [0.05, 0.1) is 0 Å². The number of nitrogens with two attached hydrogens (primary N) is 1. The fraction of sp³-hybridized carbons (Fsp3) is 0.857. The van der Waals surface area contributed by atoms with Gasteiger partial charge in [-0.15, -0.1) is 0 Å². The zero-order valence-corrected chi connectivity index (χ0v) is 23.6. The zero-order chi connectivity index (χ0) is 27.0. The Balaban J connectivity index is 0. The Bertz CT molecular complexity index is 486. The lowest BCUT2D eigenvalue weighted by atomic mass is 10.1. The number of rotatable bonds is 26. The number of aliphatic carboxylic acids is 1. The number of nitrogens with one attached hydrogen (secondary N) is 4. The molecule has 0 bridgehead atoms. The molecule has 0 aliphatic carbocycles. The Morgan fingerprint density at radius 2 is 1.08 bits per heavy atom. The average Bonchev–Trinajstić information content (AvgIpc) is 2.84. The molecular formula is C28H59N5O3. The number of carbonyl (C=O) groups excluding carboxylic acids is 1. The van der Waals surface area contributed by atoms with Crippen LogP contribution in [0.2, 0.25) is 0 Å². The molecule has 0 radical (unpaired) electrons. The molecule has 0 aliphatic heterocycles. The summed E-state index contributed by atoms with van der Waals surface area (Å²) in [5, 5.41) is 20.4. The molecule has 0 fully saturated rings. The van der Waals surface area contributed by atoms with Crippen LogP contribution in [0.5, 0.6) is 0 Å². The number of unbranched alkanes of at least 4 members (excludes halogenated alkanes) is 11. The third-order valence-electron chi connectivity index (χ3n) is 5.57. The van der Waals surface area contributed by atoms with Crippen molar-refractivity contribution >= 4 is 11.9 Å². The largest absolute Gasteiger partial charge is 0.481 e. The van der Waals surface area contributed by atoms with Crippen LogP contribution in [0.25, 0.3) is 0 Å². The molecule has 0 aromatic heterocycles. The van der Waals surface area contributed by atoms with E-state index < -0.39 is 5.97 Å². The number of allylic oxidation sites excluding steroid dienone is 2. The Hall–Kier alpha value is -1.48. The van der Waals surface area contributed by atoms with E-state index in [2.05, 4.69) is 40.3 Å². The van der Waals surface area contributed by atoms with E-state index in [1.165, 1.54) is 77.0 Å². The highest BCUT2D eigenvalue weighted by molar-refractivity contribution is 5.75. The Labute approximate surface area is 222 Å². The summed E-state index contributed by atoms with van der Waals surface area (Å²) in [5.41, 5.74) is 5.42. The molecule has 0 saturated carbocycles. The van der Waals surface area contributed by atoms with E-state index in [-0.39, 0.29) is 5.91 Å². The van der Waals surface area contributed by atoms with Crippen LogP contribution in [-0.2, 0) is 9.59 Å². The Kier molecular flexibility index (Phi) is 34.1. The molecule has 8 heteroatoms. The monoisotopic (exact) mass is 513 g/mol. The van der Waals surface area contributed by atoms with E-state index in [4.69, 9.17) is 15.6 Å². The van der Waals surface area contributed by atoms with E-state index in [9.17, 15) is 4.79 Å². The lowest BCUT2D eigenvalue weighted by Crippen LogP contribution is -2.36. The average molecular weight is 514 g/mol. The van der Waals surface area contributed by atoms with Crippen LogP contribution in [0, 0.1) is 0 Å². The van der Waals surface area contributed by atoms with Gasteiger partial charge < -0.3 is 32.1 Å². The summed E-state index contributed by atoms with van der Waals surface area (Å²) in [6.45, 7) is 10.2. The van der Waals surface area contributed by atoms with Crippen LogP contribution < -0.4 is 27.0 Å². The zero-order valence-electron chi connectivity index (χ0n) is 23.6. The quantitative estimate of drug-likeness (QED) is 0.0763. The van der Waals surface area contributed by atoms with Crippen molar-refractivity contribution in [2.45, 2.75) is 104 Å². The van der Waals surface area contributed by atoms with Crippen molar-refractivity contribution in [2.75, 3.05) is 52.4 Å². The second kappa shape index (κ2) is 33.5. The van der Waals surface area contributed by atoms with Gasteiger partial charge in [-0.3, -0.25) is 9.59 Å². The summed E-state index contributed by atoms with van der Waals surface area (Å²) in [7, 11) is 0. The van der Waals surface area contributed by atoms with Crippen LogP contribution in [0.15, 0.2) is 12.2 Å². The molecule has 0 rings (SSSR count). The second-order valence-electron chi connectivity index (χ2n) is 9.24. The first-order valence-electron chi connectivity index (χ1n) is 14.5. The van der Waals surface area contributed by atoms with E-state index in [1.807, 2.05) is 0 Å². The number of hydrogen-bond acceptors (Lipinski definition) is 6. The highest BCUT2D eigenvalue weighted by Crippen LogP contribution is 2.09. The van der Waals surface area contributed by atoms with Gasteiger partial charge in [0, 0.05) is 65.7 Å². The molecule has 214 valence electrons. The van der Waals surface area contributed by atoms with Crippen molar-refractivity contribution in [2.24, 2.45) is 5.73 Å².